The van der Waals surface area contributed by atoms with E-state index < -0.39 is 6.55 Å². The van der Waals surface area contributed by atoms with E-state index >= 15 is 0 Å². The Kier molecular flexibility index (Phi) is 3.98. The minimum atomic E-state index is -2.60. The number of alkyl halides is 2. The Morgan fingerprint density at radius 1 is 1.35 bits per heavy atom. The van der Waals surface area contributed by atoms with Crippen LogP contribution in [0.15, 0.2) is 17.6 Å². The maximum Gasteiger partial charge on any atom is 0.319 e. The van der Waals surface area contributed by atoms with Crippen molar-refractivity contribution in [3.8, 4) is 0 Å². The van der Waals surface area contributed by atoms with Gasteiger partial charge in [-0.25, -0.2) is 9.66 Å². The average molecular weight is 302 g/mol. The predicted molar refractivity (Wildman–Crippen MR) is 71.9 cm³/mol. The van der Waals surface area contributed by atoms with Crippen molar-refractivity contribution < 1.29 is 8.78 Å². The van der Waals surface area contributed by atoms with E-state index in [-0.39, 0.29) is 17.0 Å². The Balaban J connectivity index is 2.12. The number of nitrogens with two attached hydrogens (primary N) is 1. The monoisotopic (exact) mass is 302 g/mol. The van der Waals surface area contributed by atoms with Crippen LogP contribution >= 0.6 is 11.8 Å². The predicted octanol–water partition coefficient (Wildman–Crippen LogP) is 2.17. The van der Waals surface area contributed by atoms with Gasteiger partial charge in [-0.2, -0.15) is 8.78 Å². The summed E-state index contributed by atoms with van der Waals surface area (Å²) in [4.78, 5) is 3.90. The van der Waals surface area contributed by atoms with Crippen molar-refractivity contribution in [3.63, 3.8) is 0 Å². The van der Waals surface area contributed by atoms with Crippen LogP contribution in [0, 0.1) is 0 Å². The molecular formula is C11H16F2N6S. The molecule has 2 heterocycles. The molecule has 2 rings (SSSR count). The molecule has 0 radical (unpaired) electrons. The zero-order valence-corrected chi connectivity index (χ0v) is 12.2. The quantitative estimate of drug-likeness (QED) is 0.692. The van der Waals surface area contributed by atoms with E-state index in [0.717, 1.165) is 4.57 Å². The molecule has 0 atom stereocenters. The number of rotatable bonds is 4. The van der Waals surface area contributed by atoms with Crippen molar-refractivity contribution in [2.45, 2.75) is 43.6 Å². The van der Waals surface area contributed by atoms with Gasteiger partial charge in [-0.15, -0.1) is 10.2 Å². The van der Waals surface area contributed by atoms with Crippen LogP contribution in [0.3, 0.4) is 0 Å². The van der Waals surface area contributed by atoms with Crippen LogP contribution in [-0.4, -0.2) is 24.4 Å². The van der Waals surface area contributed by atoms with E-state index in [2.05, 4.69) is 15.2 Å². The van der Waals surface area contributed by atoms with Gasteiger partial charge in [0.15, 0.2) is 5.82 Å². The molecule has 20 heavy (non-hydrogen) atoms. The Labute approximate surface area is 119 Å². The highest BCUT2D eigenvalue weighted by molar-refractivity contribution is 7.98. The zero-order chi connectivity index (χ0) is 14.9. The van der Waals surface area contributed by atoms with Gasteiger partial charge in [-0.1, -0.05) is 32.5 Å². The molecule has 0 fully saturated rings. The lowest BCUT2D eigenvalue weighted by Crippen LogP contribution is -2.24. The molecular weight excluding hydrogens is 286 g/mol. The third kappa shape index (κ3) is 2.92. The largest absolute Gasteiger partial charge is 0.336 e. The normalized spacial score (nSPS) is 12.3. The van der Waals surface area contributed by atoms with Crippen LogP contribution in [0.5, 0.6) is 0 Å². The van der Waals surface area contributed by atoms with Crippen molar-refractivity contribution in [3.05, 3.63) is 24.0 Å². The van der Waals surface area contributed by atoms with Crippen molar-refractivity contribution >= 4 is 11.8 Å². The zero-order valence-electron chi connectivity index (χ0n) is 11.4. The summed E-state index contributed by atoms with van der Waals surface area (Å²) in [5.41, 5.74) is -0.234. The molecule has 0 saturated heterocycles. The number of nitrogens with zero attached hydrogens (tertiary/aromatic N) is 5. The first kappa shape index (κ1) is 14.8. The summed E-state index contributed by atoms with van der Waals surface area (Å²) >= 11 is 1.22. The van der Waals surface area contributed by atoms with Crippen molar-refractivity contribution in [1.82, 2.24) is 24.4 Å². The highest BCUT2D eigenvalue weighted by Crippen LogP contribution is 2.25. The molecule has 0 unspecified atom stereocenters. The van der Waals surface area contributed by atoms with Crippen molar-refractivity contribution in [2.24, 2.45) is 0 Å². The van der Waals surface area contributed by atoms with Crippen LogP contribution in [0.25, 0.3) is 0 Å². The maximum absolute atomic E-state index is 12.7. The van der Waals surface area contributed by atoms with Crippen LogP contribution in [0.4, 0.5) is 8.78 Å². The molecule has 110 valence electrons. The fraction of sp³-hybridized carbons (Fsp3) is 0.545. The van der Waals surface area contributed by atoms with Crippen molar-refractivity contribution in [1.29, 1.82) is 0 Å². The minimum Gasteiger partial charge on any atom is -0.336 e. The Morgan fingerprint density at radius 3 is 2.60 bits per heavy atom. The molecule has 0 aliphatic rings. The summed E-state index contributed by atoms with van der Waals surface area (Å²) in [6.07, 6.45) is 2.59. The lowest BCUT2D eigenvalue weighted by molar-refractivity contribution is 0.0678. The number of halogens is 2. The third-order valence-corrected chi connectivity index (χ3v) is 3.56. The number of imidazole rings is 1. The second kappa shape index (κ2) is 5.39. The lowest BCUT2D eigenvalue weighted by Gasteiger charge is -2.16. The van der Waals surface area contributed by atoms with Gasteiger partial charge in [0.2, 0.25) is 5.16 Å². The number of hydrogen-bond acceptors (Lipinski definition) is 5. The molecule has 0 aromatic carbocycles. The van der Waals surface area contributed by atoms with Gasteiger partial charge in [0.05, 0.1) is 5.75 Å². The first-order chi connectivity index (χ1) is 9.30. The number of hydrogen-bond donors (Lipinski definition) is 1. The highest BCUT2D eigenvalue weighted by atomic mass is 32.2. The molecule has 0 spiro atoms. The standard InChI is InChI=1S/C11H16F2N6S/c1-11(2,3)8-16-17-10(19(8)14)20-6-7-15-4-5-18(7)9(12)13/h4-5,9H,6,14H2,1-3H3. The van der Waals surface area contributed by atoms with Gasteiger partial charge < -0.3 is 5.84 Å². The molecule has 2 N–H and O–H groups in total. The van der Waals surface area contributed by atoms with Gasteiger partial charge in [-0.05, 0) is 0 Å². The second-order valence-electron chi connectivity index (χ2n) is 5.24. The molecule has 9 heteroatoms. The first-order valence-corrected chi connectivity index (χ1v) is 6.93. The summed E-state index contributed by atoms with van der Waals surface area (Å²) in [6.45, 7) is 3.31. The van der Waals surface area contributed by atoms with E-state index in [1.807, 2.05) is 20.8 Å². The van der Waals surface area contributed by atoms with Crippen LogP contribution in [0.1, 0.15) is 39.0 Å². The van der Waals surface area contributed by atoms with Gasteiger partial charge in [0.25, 0.3) is 0 Å². The minimum absolute atomic E-state index is 0.234. The molecule has 2 aromatic heterocycles. The molecule has 2 aromatic rings. The molecule has 0 aliphatic carbocycles. The van der Waals surface area contributed by atoms with Crippen LogP contribution in [0.2, 0.25) is 0 Å². The lowest BCUT2D eigenvalue weighted by atomic mass is 9.96. The topological polar surface area (TPSA) is 74.5 Å². The summed E-state index contributed by atoms with van der Waals surface area (Å²) in [5.74, 6) is 7.07. The molecule has 6 nitrogen and oxygen atoms in total. The van der Waals surface area contributed by atoms with Crippen molar-refractivity contribution in [2.75, 3.05) is 5.84 Å². The van der Waals surface area contributed by atoms with E-state index in [4.69, 9.17) is 5.84 Å². The summed E-state index contributed by atoms with van der Waals surface area (Å²) < 4.78 is 27.6. The molecule has 0 saturated carbocycles. The first-order valence-electron chi connectivity index (χ1n) is 5.94. The average Bonchev–Trinajstić information content (AvgIpc) is 2.91. The summed E-state index contributed by atoms with van der Waals surface area (Å²) in [5, 5.41) is 8.49. The van der Waals surface area contributed by atoms with Gasteiger partial charge in [0, 0.05) is 17.8 Å². The molecule has 0 bridgehead atoms. The van der Waals surface area contributed by atoms with Gasteiger partial charge in [0.1, 0.15) is 5.82 Å². The van der Waals surface area contributed by atoms with Gasteiger partial charge in [-0.3, -0.25) is 4.57 Å². The molecule has 0 amide bonds. The Bertz CT molecular complexity index is 586. The number of aromatic nitrogens is 5. The van der Waals surface area contributed by atoms with Crippen LogP contribution in [-0.2, 0) is 11.2 Å². The van der Waals surface area contributed by atoms with E-state index in [1.165, 1.54) is 28.8 Å². The van der Waals surface area contributed by atoms with Gasteiger partial charge >= 0.3 is 6.55 Å². The van der Waals surface area contributed by atoms with E-state index in [1.54, 1.807) is 0 Å². The van der Waals surface area contributed by atoms with E-state index in [9.17, 15) is 8.78 Å². The second-order valence-corrected chi connectivity index (χ2v) is 6.19. The number of thioether (sulfide) groups is 1. The fourth-order valence-electron chi connectivity index (χ4n) is 1.65. The number of nitrogen functional groups attached to an aromatic ring is 1. The fourth-order valence-corrected chi connectivity index (χ4v) is 2.46. The van der Waals surface area contributed by atoms with E-state index in [0.29, 0.717) is 11.0 Å². The Morgan fingerprint density at radius 2 is 2.05 bits per heavy atom. The third-order valence-electron chi connectivity index (χ3n) is 2.62. The molecule has 0 aliphatic heterocycles. The van der Waals surface area contributed by atoms with Crippen LogP contribution < -0.4 is 5.84 Å². The Hall–Kier alpha value is -1.64. The summed E-state index contributed by atoms with van der Waals surface area (Å²) in [7, 11) is 0. The maximum atomic E-state index is 12.7. The highest BCUT2D eigenvalue weighted by Gasteiger charge is 2.23. The summed E-state index contributed by atoms with van der Waals surface area (Å²) in [6, 6.07) is 0. The smallest absolute Gasteiger partial charge is 0.319 e. The SMILES string of the molecule is CC(C)(C)c1nnc(SCc2nccn2C(F)F)n1N.